The van der Waals surface area contributed by atoms with Gasteiger partial charge < -0.3 is 16.0 Å². The number of hydrogen-bond acceptors (Lipinski definition) is 5. The molecule has 4 rings (SSSR count). The molecule has 0 spiro atoms. The highest BCUT2D eigenvalue weighted by Gasteiger charge is 2.13. The van der Waals surface area contributed by atoms with Crippen LogP contribution in [0.5, 0.6) is 0 Å². The van der Waals surface area contributed by atoms with Crippen molar-refractivity contribution in [3.05, 3.63) is 105 Å². The lowest BCUT2D eigenvalue weighted by Crippen LogP contribution is -2.23. The van der Waals surface area contributed by atoms with Gasteiger partial charge in [0.25, 0.3) is 5.91 Å². The second-order valence-corrected chi connectivity index (χ2v) is 9.16. The van der Waals surface area contributed by atoms with Crippen molar-refractivity contribution in [2.75, 3.05) is 11.4 Å². The van der Waals surface area contributed by atoms with E-state index in [9.17, 15) is 4.79 Å². The third-order valence-electron chi connectivity index (χ3n) is 5.56. The molecule has 0 fully saturated rings. The number of nitrogens with one attached hydrogen (secondary N) is 1. The largest absolute Gasteiger partial charge is 0.348 e. The first-order chi connectivity index (χ1) is 16.6. The van der Waals surface area contributed by atoms with E-state index >= 15 is 0 Å². The summed E-state index contributed by atoms with van der Waals surface area (Å²) in [6.07, 6.45) is 0. The van der Waals surface area contributed by atoms with E-state index in [1.54, 1.807) is 11.3 Å². The Kier molecular flexibility index (Phi) is 7.95. The zero-order valence-corrected chi connectivity index (χ0v) is 20.6. The molecule has 3 aromatic carbocycles. The number of benzene rings is 3. The molecule has 0 radical (unpaired) electrons. The van der Waals surface area contributed by atoms with E-state index in [0.717, 1.165) is 39.6 Å². The average molecular weight is 491 g/mol. The fraction of sp³-hybridized carbons (Fsp3) is 0.185. The second-order valence-electron chi connectivity index (χ2n) is 7.91. The fourth-order valence-corrected chi connectivity index (χ4v) is 4.77. The van der Waals surface area contributed by atoms with E-state index in [1.807, 2.05) is 78.2 Å². The molecule has 0 unspecified atom stereocenters. The molecule has 5 nitrogen and oxygen atoms in total. The molecule has 1 amide bonds. The molecular formula is C27H27ClN4OS. The first-order valence-electron chi connectivity index (χ1n) is 11.2. The monoisotopic (exact) mass is 490 g/mol. The summed E-state index contributed by atoms with van der Waals surface area (Å²) in [5.74, 6) is -0.0960. The van der Waals surface area contributed by atoms with Crippen LogP contribution in [-0.2, 0) is 19.6 Å². The topological polar surface area (TPSA) is 71.2 Å². The van der Waals surface area contributed by atoms with Crippen LogP contribution in [0.2, 0.25) is 5.02 Å². The minimum Gasteiger partial charge on any atom is -0.348 e. The number of nitrogens with two attached hydrogens (primary N) is 1. The normalized spacial score (nSPS) is 10.8. The second kappa shape index (κ2) is 11.3. The van der Waals surface area contributed by atoms with Gasteiger partial charge in [0.05, 0.1) is 5.69 Å². The van der Waals surface area contributed by atoms with Crippen molar-refractivity contribution in [2.45, 2.75) is 26.6 Å². The van der Waals surface area contributed by atoms with E-state index in [1.165, 1.54) is 0 Å². The lowest BCUT2D eigenvalue weighted by atomic mass is 10.1. The van der Waals surface area contributed by atoms with Crippen LogP contribution in [0, 0.1) is 0 Å². The Morgan fingerprint density at radius 3 is 2.53 bits per heavy atom. The molecule has 0 aliphatic carbocycles. The van der Waals surface area contributed by atoms with Crippen LogP contribution in [0.15, 0.2) is 78.2 Å². The number of anilines is 1. The maximum absolute atomic E-state index is 12.6. The van der Waals surface area contributed by atoms with Crippen LogP contribution in [0.4, 0.5) is 5.13 Å². The highest BCUT2D eigenvalue weighted by Crippen LogP contribution is 2.32. The zero-order valence-electron chi connectivity index (χ0n) is 19.0. The smallest absolute Gasteiger partial charge is 0.251 e. The summed E-state index contributed by atoms with van der Waals surface area (Å²) < 4.78 is 0. The van der Waals surface area contributed by atoms with Crippen molar-refractivity contribution in [3.63, 3.8) is 0 Å². The van der Waals surface area contributed by atoms with Gasteiger partial charge >= 0.3 is 0 Å². The molecule has 1 heterocycles. The van der Waals surface area contributed by atoms with Gasteiger partial charge in [0.1, 0.15) is 0 Å². The highest BCUT2D eigenvalue weighted by molar-refractivity contribution is 7.14. The van der Waals surface area contributed by atoms with E-state index in [4.69, 9.17) is 22.3 Å². The van der Waals surface area contributed by atoms with Crippen LogP contribution < -0.4 is 16.0 Å². The maximum atomic E-state index is 12.6. The number of halogens is 1. The summed E-state index contributed by atoms with van der Waals surface area (Å²) in [7, 11) is 0. The van der Waals surface area contributed by atoms with E-state index in [-0.39, 0.29) is 5.91 Å². The maximum Gasteiger partial charge on any atom is 0.251 e. The molecule has 3 N–H and O–H groups in total. The van der Waals surface area contributed by atoms with Gasteiger partial charge in [-0.3, -0.25) is 4.79 Å². The van der Waals surface area contributed by atoms with Gasteiger partial charge in [0.2, 0.25) is 0 Å². The Morgan fingerprint density at radius 1 is 1.03 bits per heavy atom. The molecule has 1 aromatic heterocycles. The molecular weight excluding hydrogens is 464 g/mol. The Hall–Kier alpha value is -3.19. The number of thiazole rings is 1. The molecule has 0 aliphatic heterocycles. The first-order valence-corrected chi connectivity index (χ1v) is 12.4. The summed E-state index contributed by atoms with van der Waals surface area (Å²) in [4.78, 5) is 19.6. The third kappa shape index (κ3) is 5.83. The van der Waals surface area contributed by atoms with Crippen molar-refractivity contribution in [1.82, 2.24) is 10.3 Å². The number of carbonyl (C=O) groups is 1. The van der Waals surface area contributed by atoms with E-state index < -0.39 is 0 Å². The summed E-state index contributed by atoms with van der Waals surface area (Å²) in [6.45, 7) is 4.59. The summed E-state index contributed by atoms with van der Waals surface area (Å²) in [5, 5.41) is 6.66. The van der Waals surface area contributed by atoms with Crippen molar-refractivity contribution in [1.29, 1.82) is 0 Å². The predicted octanol–water partition coefficient (Wildman–Crippen LogP) is 5.88. The van der Waals surface area contributed by atoms with E-state index in [0.29, 0.717) is 30.2 Å². The van der Waals surface area contributed by atoms with E-state index in [2.05, 4.69) is 17.1 Å². The zero-order chi connectivity index (χ0) is 23.9. The van der Waals surface area contributed by atoms with Crippen molar-refractivity contribution in [3.8, 4) is 11.3 Å². The first kappa shape index (κ1) is 24.0. The van der Waals surface area contributed by atoms with Crippen LogP contribution >= 0.6 is 22.9 Å². The number of nitrogens with zero attached hydrogens (tertiary/aromatic N) is 2. The lowest BCUT2D eigenvalue weighted by Gasteiger charge is -2.20. The molecule has 174 valence electrons. The molecule has 0 aliphatic rings. The van der Waals surface area contributed by atoms with Gasteiger partial charge in [-0.05, 0) is 41.8 Å². The van der Waals surface area contributed by atoms with Crippen LogP contribution in [0.1, 0.15) is 34.0 Å². The highest BCUT2D eigenvalue weighted by atomic mass is 35.5. The number of amides is 1. The van der Waals surface area contributed by atoms with Gasteiger partial charge in [0.15, 0.2) is 5.13 Å². The van der Waals surface area contributed by atoms with Crippen LogP contribution in [0.3, 0.4) is 0 Å². The average Bonchev–Trinajstić information content (AvgIpc) is 3.36. The summed E-state index contributed by atoms with van der Waals surface area (Å²) >= 11 is 7.94. The molecule has 0 bridgehead atoms. The SMILES string of the molecule is CCN(Cc1ccc(C(=O)NCc2cccc(CN)c2)cc1)c1nc(-c2ccccc2Cl)cs1. The van der Waals surface area contributed by atoms with Gasteiger partial charge in [-0.1, -0.05) is 66.2 Å². The van der Waals surface area contributed by atoms with Crippen molar-refractivity contribution >= 4 is 34.0 Å². The Balaban J connectivity index is 1.38. The molecule has 0 saturated carbocycles. The lowest BCUT2D eigenvalue weighted by molar-refractivity contribution is 0.0951. The van der Waals surface area contributed by atoms with Crippen molar-refractivity contribution in [2.24, 2.45) is 5.73 Å². The number of rotatable bonds is 9. The van der Waals surface area contributed by atoms with Crippen LogP contribution in [0.25, 0.3) is 11.3 Å². The number of hydrogen-bond donors (Lipinski definition) is 2. The molecule has 4 aromatic rings. The minimum absolute atomic E-state index is 0.0960. The van der Waals surface area contributed by atoms with Gasteiger partial charge in [-0.25, -0.2) is 4.98 Å². The van der Waals surface area contributed by atoms with Gasteiger partial charge in [-0.2, -0.15) is 0 Å². The summed E-state index contributed by atoms with van der Waals surface area (Å²) in [6, 6.07) is 23.4. The summed E-state index contributed by atoms with van der Waals surface area (Å²) in [5.41, 5.74) is 11.4. The van der Waals surface area contributed by atoms with Gasteiger partial charge in [-0.15, -0.1) is 11.3 Å². The molecule has 34 heavy (non-hydrogen) atoms. The van der Waals surface area contributed by atoms with Crippen molar-refractivity contribution < 1.29 is 4.79 Å². The Labute approximate surface area is 209 Å². The standard InChI is InChI=1S/C27H27ClN4OS/c1-2-32(27-31-25(18-34-27)23-8-3-4-9-24(23)28)17-19-10-12-22(13-11-19)26(33)30-16-21-7-5-6-20(14-21)15-29/h3-14,18H,2,15-17,29H2,1H3,(H,30,33). The molecule has 0 saturated heterocycles. The quantitative estimate of drug-likeness (QED) is 0.307. The van der Waals surface area contributed by atoms with Crippen LogP contribution in [-0.4, -0.2) is 17.4 Å². The minimum atomic E-state index is -0.0960. The Bertz CT molecular complexity index is 1260. The Morgan fingerprint density at radius 2 is 1.79 bits per heavy atom. The third-order valence-corrected chi connectivity index (χ3v) is 6.79. The molecule has 7 heteroatoms. The molecule has 0 atom stereocenters. The predicted molar refractivity (Wildman–Crippen MR) is 141 cm³/mol. The number of aromatic nitrogens is 1. The fourth-order valence-electron chi connectivity index (χ4n) is 3.65. The van der Waals surface area contributed by atoms with Gasteiger partial charge in [0, 0.05) is 47.7 Å². The number of carbonyl (C=O) groups excluding carboxylic acids is 1.